The van der Waals surface area contributed by atoms with Crippen LogP contribution in [0.25, 0.3) is 0 Å². The number of carbonyl (C=O) groups is 2. The summed E-state index contributed by atoms with van der Waals surface area (Å²) in [6.45, 7) is 6.39. The Morgan fingerprint density at radius 1 is 1.13 bits per heavy atom. The molecule has 0 bridgehead atoms. The van der Waals surface area contributed by atoms with Gasteiger partial charge in [0.2, 0.25) is 5.91 Å². The molecule has 1 atom stereocenters. The molecule has 7 nitrogen and oxygen atoms in total. The summed E-state index contributed by atoms with van der Waals surface area (Å²) in [4.78, 5) is 27.1. The standard InChI is InChI=1S/C24H29N3O4/c1-3-30-21-10-7-16(14-22(21)31-4-2)11-12-25-23(28)17-8-9-19-18(15-17)26-24(29)20-6-5-13-27(19)20/h7-10,14-15,20H,3-6,11-13H2,1-2H3,(H,25,28)(H,26,29)/t20-/m0/s1. The van der Waals surface area contributed by atoms with Gasteiger partial charge in [-0.05, 0) is 69.0 Å². The second kappa shape index (κ2) is 9.29. The van der Waals surface area contributed by atoms with E-state index in [1.165, 1.54) is 0 Å². The average Bonchev–Trinajstić information content (AvgIpc) is 3.26. The molecule has 2 aliphatic rings. The largest absolute Gasteiger partial charge is 0.490 e. The van der Waals surface area contributed by atoms with Crippen LogP contribution in [0.1, 0.15) is 42.6 Å². The molecule has 2 aromatic carbocycles. The van der Waals surface area contributed by atoms with E-state index in [4.69, 9.17) is 9.47 Å². The zero-order valence-electron chi connectivity index (χ0n) is 18.1. The molecule has 2 heterocycles. The number of anilines is 2. The molecule has 0 aromatic heterocycles. The summed E-state index contributed by atoms with van der Waals surface area (Å²) in [5.41, 5.74) is 3.31. The number of rotatable bonds is 8. The smallest absolute Gasteiger partial charge is 0.251 e. The van der Waals surface area contributed by atoms with Crippen LogP contribution in [0.4, 0.5) is 11.4 Å². The van der Waals surface area contributed by atoms with Gasteiger partial charge in [-0.2, -0.15) is 0 Å². The second-order valence-electron chi connectivity index (χ2n) is 7.73. The first-order valence-electron chi connectivity index (χ1n) is 11.0. The third-order valence-corrected chi connectivity index (χ3v) is 5.69. The molecule has 0 spiro atoms. The number of benzene rings is 2. The van der Waals surface area contributed by atoms with E-state index in [9.17, 15) is 9.59 Å². The number of nitrogens with one attached hydrogen (secondary N) is 2. The molecule has 2 N–H and O–H groups in total. The molecule has 1 saturated heterocycles. The fourth-order valence-electron chi connectivity index (χ4n) is 4.24. The highest BCUT2D eigenvalue weighted by Gasteiger charge is 2.36. The quantitative estimate of drug-likeness (QED) is 0.681. The number of hydrogen-bond acceptors (Lipinski definition) is 5. The van der Waals surface area contributed by atoms with Gasteiger partial charge in [-0.25, -0.2) is 0 Å². The highest BCUT2D eigenvalue weighted by Crippen LogP contribution is 2.37. The molecule has 0 unspecified atom stereocenters. The van der Waals surface area contributed by atoms with Crippen molar-refractivity contribution in [3.05, 3.63) is 47.5 Å². The van der Waals surface area contributed by atoms with Gasteiger partial charge < -0.3 is 25.0 Å². The Kier molecular flexibility index (Phi) is 6.30. The van der Waals surface area contributed by atoms with Crippen molar-refractivity contribution in [2.75, 3.05) is 36.5 Å². The maximum atomic E-state index is 12.7. The topological polar surface area (TPSA) is 79.9 Å². The van der Waals surface area contributed by atoms with Gasteiger partial charge in [-0.3, -0.25) is 9.59 Å². The first-order chi connectivity index (χ1) is 15.1. The Morgan fingerprint density at radius 2 is 1.94 bits per heavy atom. The van der Waals surface area contributed by atoms with E-state index < -0.39 is 0 Å². The molecule has 2 aliphatic heterocycles. The van der Waals surface area contributed by atoms with Gasteiger partial charge in [0, 0.05) is 18.7 Å². The number of carbonyl (C=O) groups excluding carboxylic acids is 2. The average molecular weight is 424 g/mol. The van der Waals surface area contributed by atoms with Crippen LogP contribution < -0.4 is 25.0 Å². The normalized spacial score (nSPS) is 16.9. The van der Waals surface area contributed by atoms with Crippen LogP contribution in [0, 0.1) is 0 Å². The highest BCUT2D eigenvalue weighted by atomic mass is 16.5. The Hall–Kier alpha value is -3.22. The van der Waals surface area contributed by atoms with Crippen molar-refractivity contribution < 1.29 is 19.1 Å². The van der Waals surface area contributed by atoms with Gasteiger partial charge in [0.15, 0.2) is 11.5 Å². The van der Waals surface area contributed by atoms with Crippen LogP contribution in [-0.2, 0) is 11.2 Å². The van der Waals surface area contributed by atoms with Gasteiger partial charge in [0.25, 0.3) is 5.91 Å². The van der Waals surface area contributed by atoms with E-state index in [0.717, 1.165) is 42.1 Å². The lowest BCUT2D eigenvalue weighted by Gasteiger charge is -2.33. The first kappa shape index (κ1) is 21.0. The Labute approximate surface area is 182 Å². The van der Waals surface area contributed by atoms with Gasteiger partial charge in [0.1, 0.15) is 6.04 Å². The number of ether oxygens (including phenoxy) is 2. The maximum absolute atomic E-state index is 12.7. The fraction of sp³-hybridized carbons (Fsp3) is 0.417. The lowest BCUT2D eigenvalue weighted by atomic mass is 10.1. The Balaban J connectivity index is 1.38. The monoisotopic (exact) mass is 423 g/mol. The molecular formula is C24H29N3O4. The summed E-state index contributed by atoms with van der Waals surface area (Å²) >= 11 is 0. The molecule has 7 heteroatoms. The molecular weight excluding hydrogens is 394 g/mol. The summed E-state index contributed by atoms with van der Waals surface area (Å²) in [7, 11) is 0. The minimum atomic E-state index is -0.156. The Bertz CT molecular complexity index is 975. The predicted octanol–water partition coefficient (Wildman–Crippen LogP) is 3.38. The molecule has 0 aliphatic carbocycles. The van der Waals surface area contributed by atoms with E-state index in [1.54, 1.807) is 6.07 Å². The van der Waals surface area contributed by atoms with Gasteiger partial charge in [0.05, 0.1) is 24.6 Å². The first-order valence-corrected chi connectivity index (χ1v) is 11.0. The molecule has 164 valence electrons. The van der Waals surface area contributed by atoms with Crippen molar-refractivity contribution in [2.24, 2.45) is 0 Å². The minimum absolute atomic E-state index is 0.0168. The number of fused-ring (bicyclic) bond motifs is 3. The number of hydrogen-bond donors (Lipinski definition) is 2. The van der Waals surface area contributed by atoms with Crippen LogP contribution in [0.2, 0.25) is 0 Å². The number of nitrogens with zero attached hydrogens (tertiary/aromatic N) is 1. The summed E-state index contributed by atoms with van der Waals surface area (Å²) in [5, 5.41) is 5.92. The van der Waals surface area contributed by atoms with Crippen LogP contribution in [0.5, 0.6) is 11.5 Å². The van der Waals surface area contributed by atoms with Crippen LogP contribution in [-0.4, -0.2) is 44.2 Å². The van der Waals surface area contributed by atoms with E-state index >= 15 is 0 Å². The summed E-state index contributed by atoms with van der Waals surface area (Å²) in [6, 6.07) is 11.3. The van der Waals surface area contributed by atoms with Crippen molar-refractivity contribution in [2.45, 2.75) is 39.2 Å². The predicted molar refractivity (Wildman–Crippen MR) is 120 cm³/mol. The Morgan fingerprint density at radius 3 is 2.74 bits per heavy atom. The van der Waals surface area contributed by atoms with E-state index in [2.05, 4.69) is 15.5 Å². The van der Waals surface area contributed by atoms with Crippen LogP contribution in [0.15, 0.2) is 36.4 Å². The van der Waals surface area contributed by atoms with Gasteiger partial charge in [-0.1, -0.05) is 6.07 Å². The molecule has 0 saturated carbocycles. The summed E-state index contributed by atoms with van der Waals surface area (Å²) in [5.74, 6) is 1.31. The summed E-state index contributed by atoms with van der Waals surface area (Å²) < 4.78 is 11.3. The third kappa shape index (κ3) is 4.45. The van der Waals surface area contributed by atoms with Gasteiger partial charge >= 0.3 is 0 Å². The molecule has 31 heavy (non-hydrogen) atoms. The lowest BCUT2D eigenvalue weighted by Crippen LogP contribution is -2.44. The van der Waals surface area contributed by atoms with Crippen molar-refractivity contribution in [3.63, 3.8) is 0 Å². The molecule has 4 rings (SSSR count). The molecule has 0 radical (unpaired) electrons. The SMILES string of the molecule is CCOc1ccc(CCNC(=O)c2ccc3c(c2)NC(=O)[C@@H]2CCCN32)cc1OCC. The summed E-state index contributed by atoms with van der Waals surface area (Å²) in [6.07, 6.45) is 2.57. The van der Waals surface area contributed by atoms with Crippen molar-refractivity contribution in [1.29, 1.82) is 0 Å². The van der Waals surface area contributed by atoms with Crippen molar-refractivity contribution in [1.82, 2.24) is 5.32 Å². The fourth-order valence-corrected chi connectivity index (χ4v) is 4.24. The molecule has 2 amide bonds. The van der Waals surface area contributed by atoms with E-state index in [0.29, 0.717) is 37.4 Å². The lowest BCUT2D eigenvalue weighted by molar-refractivity contribution is -0.117. The molecule has 1 fully saturated rings. The minimum Gasteiger partial charge on any atom is -0.490 e. The van der Waals surface area contributed by atoms with Crippen LogP contribution in [0.3, 0.4) is 0 Å². The van der Waals surface area contributed by atoms with E-state index in [1.807, 2.05) is 44.2 Å². The highest BCUT2D eigenvalue weighted by molar-refractivity contribution is 6.06. The number of amides is 2. The molecule has 2 aromatic rings. The van der Waals surface area contributed by atoms with Crippen molar-refractivity contribution in [3.8, 4) is 11.5 Å². The second-order valence-corrected chi connectivity index (χ2v) is 7.73. The zero-order chi connectivity index (χ0) is 21.8. The van der Waals surface area contributed by atoms with Crippen molar-refractivity contribution >= 4 is 23.2 Å². The third-order valence-electron chi connectivity index (χ3n) is 5.69. The zero-order valence-corrected chi connectivity index (χ0v) is 18.1. The van der Waals surface area contributed by atoms with E-state index in [-0.39, 0.29) is 17.9 Å². The van der Waals surface area contributed by atoms with Crippen LogP contribution >= 0.6 is 0 Å². The van der Waals surface area contributed by atoms with Gasteiger partial charge in [-0.15, -0.1) is 0 Å². The maximum Gasteiger partial charge on any atom is 0.251 e.